The lowest BCUT2D eigenvalue weighted by atomic mass is 10.1. The van der Waals surface area contributed by atoms with Gasteiger partial charge in [-0.2, -0.15) is 5.10 Å². The van der Waals surface area contributed by atoms with Gasteiger partial charge >= 0.3 is 0 Å². The molecule has 3 aromatic heterocycles. The smallest absolute Gasteiger partial charge is 0.276 e. The number of hydrogen-bond acceptors (Lipinski definition) is 6. The van der Waals surface area contributed by atoms with E-state index >= 15 is 0 Å². The van der Waals surface area contributed by atoms with E-state index in [1.807, 2.05) is 61.2 Å². The van der Waals surface area contributed by atoms with E-state index in [0.717, 1.165) is 39.4 Å². The lowest BCUT2D eigenvalue weighted by molar-refractivity contribution is -0.135. The predicted molar refractivity (Wildman–Crippen MR) is 128 cm³/mol. The van der Waals surface area contributed by atoms with Gasteiger partial charge in [0, 0.05) is 42.5 Å². The van der Waals surface area contributed by atoms with Crippen LogP contribution >= 0.6 is 11.3 Å². The van der Waals surface area contributed by atoms with Gasteiger partial charge < -0.3 is 9.80 Å². The molecule has 1 atom stereocenters. The van der Waals surface area contributed by atoms with Crippen molar-refractivity contribution in [2.45, 2.75) is 26.3 Å². The monoisotopic (exact) mass is 447 g/mol. The first kappa shape index (κ1) is 20.6. The SMILES string of the molecule is CC[C@H](C(=O)N1CCN(c2ccccn2)CC1)n1nc(C)c2sc3ccccc3c2c1=O. The predicted octanol–water partition coefficient (Wildman–Crippen LogP) is 3.61. The summed E-state index contributed by atoms with van der Waals surface area (Å²) >= 11 is 1.58. The molecule has 4 heterocycles. The average Bonchev–Trinajstić information content (AvgIpc) is 3.24. The Morgan fingerprint density at radius 2 is 1.84 bits per heavy atom. The van der Waals surface area contributed by atoms with Gasteiger partial charge in [-0.3, -0.25) is 9.59 Å². The Balaban J connectivity index is 1.45. The highest BCUT2D eigenvalue weighted by molar-refractivity contribution is 7.26. The minimum absolute atomic E-state index is 0.0407. The number of aromatic nitrogens is 3. The fourth-order valence-corrected chi connectivity index (χ4v) is 5.58. The molecule has 1 aliphatic rings. The maximum atomic E-state index is 13.5. The van der Waals surface area contributed by atoms with E-state index in [1.165, 1.54) is 4.68 Å². The number of fused-ring (bicyclic) bond motifs is 3. The van der Waals surface area contributed by atoms with E-state index < -0.39 is 6.04 Å². The van der Waals surface area contributed by atoms with Crippen LogP contribution in [0.15, 0.2) is 53.5 Å². The van der Waals surface area contributed by atoms with E-state index in [9.17, 15) is 9.59 Å². The summed E-state index contributed by atoms with van der Waals surface area (Å²) in [4.78, 5) is 35.4. The minimum atomic E-state index is -0.606. The number of thiophene rings is 1. The highest BCUT2D eigenvalue weighted by atomic mass is 32.1. The van der Waals surface area contributed by atoms with Crippen molar-refractivity contribution in [3.8, 4) is 0 Å². The molecule has 5 rings (SSSR count). The van der Waals surface area contributed by atoms with Crippen LogP contribution in [-0.4, -0.2) is 51.8 Å². The molecule has 0 N–H and O–H groups in total. The van der Waals surface area contributed by atoms with Crippen LogP contribution in [-0.2, 0) is 4.79 Å². The Morgan fingerprint density at radius 1 is 1.09 bits per heavy atom. The van der Waals surface area contributed by atoms with Crippen molar-refractivity contribution >= 4 is 43.2 Å². The Hall–Kier alpha value is -3.26. The fraction of sp³-hybridized carbons (Fsp3) is 0.333. The molecule has 0 unspecified atom stereocenters. The number of piperazine rings is 1. The van der Waals surface area contributed by atoms with E-state index in [2.05, 4.69) is 15.0 Å². The lowest BCUT2D eigenvalue weighted by Gasteiger charge is -2.37. The first-order valence-electron chi connectivity index (χ1n) is 10.9. The summed E-state index contributed by atoms with van der Waals surface area (Å²) in [6.45, 7) is 6.48. The molecule has 164 valence electrons. The largest absolute Gasteiger partial charge is 0.353 e. The highest BCUT2D eigenvalue weighted by Gasteiger charge is 2.30. The summed E-state index contributed by atoms with van der Waals surface area (Å²) < 4.78 is 3.38. The van der Waals surface area contributed by atoms with Gasteiger partial charge in [0.2, 0.25) is 5.91 Å². The standard InChI is InChI=1S/C24H25N5O2S/c1-3-18(23(30)28-14-12-27(13-15-28)20-10-6-7-11-25-20)29-24(31)21-17-8-4-5-9-19(17)32-22(21)16(2)26-29/h4-11,18H,3,12-15H2,1-2H3/t18-/m1/s1. The van der Waals surface area contributed by atoms with E-state index in [4.69, 9.17) is 0 Å². The van der Waals surface area contributed by atoms with Crippen molar-refractivity contribution in [2.24, 2.45) is 0 Å². The molecule has 0 aliphatic carbocycles. The van der Waals surface area contributed by atoms with Crippen molar-refractivity contribution in [2.75, 3.05) is 31.1 Å². The fourth-order valence-electron chi connectivity index (χ4n) is 4.45. The van der Waals surface area contributed by atoms with Crippen LogP contribution in [0.3, 0.4) is 0 Å². The number of nitrogens with zero attached hydrogens (tertiary/aromatic N) is 5. The van der Waals surface area contributed by atoms with E-state index in [1.54, 1.807) is 17.5 Å². The molecule has 0 bridgehead atoms. The van der Waals surface area contributed by atoms with Crippen molar-refractivity contribution < 1.29 is 4.79 Å². The average molecular weight is 448 g/mol. The molecular formula is C24H25N5O2S. The van der Waals surface area contributed by atoms with E-state index in [-0.39, 0.29) is 11.5 Å². The quantitative estimate of drug-likeness (QED) is 0.478. The van der Waals surface area contributed by atoms with Crippen LogP contribution in [0.4, 0.5) is 5.82 Å². The highest BCUT2D eigenvalue weighted by Crippen LogP contribution is 2.33. The van der Waals surface area contributed by atoms with Crippen molar-refractivity contribution in [3.05, 3.63) is 64.7 Å². The summed E-state index contributed by atoms with van der Waals surface area (Å²) in [7, 11) is 0. The molecule has 1 saturated heterocycles. The zero-order valence-electron chi connectivity index (χ0n) is 18.2. The molecule has 1 aromatic carbocycles. The molecule has 0 saturated carbocycles. The Kier molecular flexibility index (Phi) is 5.38. The number of pyridine rings is 1. The van der Waals surface area contributed by atoms with Crippen molar-refractivity contribution in [3.63, 3.8) is 0 Å². The Morgan fingerprint density at radius 3 is 2.56 bits per heavy atom. The molecule has 8 heteroatoms. The van der Waals surface area contributed by atoms with Crippen LogP contribution in [0.1, 0.15) is 25.1 Å². The second-order valence-corrected chi connectivity index (χ2v) is 9.11. The van der Waals surface area contributed by atoms with Crippen LogP contribution in [0.2, 0.25) is 0 Å². The summed E-state index contributed by atoms with van der Waals surface area (Å²) in [5.74, 6) is 0.885. The number of rotatable bonds is 4. The summed E-state index contributed by atoms with van der Waals surface area (Å²) in [5, 5.41) is 6.20. The second kappa shape index (κ2) is 8.35. The van der Waals surface area contributed by atoms with Gasteiger partial charge in [0.15, 0.2) is 0 Å². The summed E-state index contributed by atoms with van der Waals surface area (Å²) in [6.07, 6.45) is 2.30. The van der Waals surface area contributed by atoms with Gasteiger partial charge in [0.25, 0.3) is 5.56 Å². The number of carbonyl (C=O) groups is 1. The second-order valence-electron chi connectivity index (χ2n) is 8.06. The van der Waals surface area contributed by atoms with Gasteiger partial charge in [-0.25, -0.2) is 9.67 Å². The van der Waals surface area contributed by atoms with E-state index in [0.29, 0.717) is 24.9 Å². The topological polar surface area (TPSA) is 71.3 Å². The molecule has 32 heavy (non-hydrogen) atoms. The van der Waals surface area contributed by atoms with Gasteiger partial charge in [-0.15, -0.1) is 11.3 Å². The minimum Gasteiger partial charge on any atom is -0.353 e. The van der Waals surface area contributed by atoms with Crippen molar-refractivity contribution in [1.82, 2.24) is 19.7 Å². The molecule has 1 fully saturated rings. The molecule has 1 amide bonds. The maximum Gasteiger partial charge on any atom is 0.276 e. The summed E-state index contributed by atoms with van der Waals surface area (Å²) in [6, 6.07) is 13.2. The molecule has 0 radical (unpaired) electrons. The number of benzene rings is 1. The molecule has 7 nitrogen and oxygen atoms in total. The Labute approximate surface area is 189 Å². The number of carbonyl (C=O) groups excluding carboxylic acids is 1. The number of amides is 1. The van der Waals surface area contributed by atoms with Crippen molar-refractivity contribution in [1.29, 1.82) is 0 Å². The molecule has 4 aromatic rings. The van der Waals surface area contributed by atoms with Crippen LogP contribution in [0.25, 0.3) is 20.2 Å². The molecule has 0 spiro atoms. The van der Waals surface area contributed by atoms with Gasteiger partial charge in [-0.1, -0.05) is 31.2 Å². The number of anilines is 1. The van der Waals surface area contributed by atoms with Gasteiger partial charge in [-0.05, 0) is 31.5 Å². The normalized spacial score (nSPS) is 15.4. The van der Waals surface area contributed by atoms with Crippen LogP contribution < -0.4 is 10.5 Å². The van der Waals surface area contributed by atoms with Crippen LogP contribution in [0.5, 0.6) is 0 Å². The number of hydrogen-bond donors (Lipinski definition) is 0. The van der Waals surface area contributed by atoms with Crippen LogP contribution in [0, 0.1) is 6.92 Å². The maximum absolute atomic E-state index is 13.5. The molecule has 1 aliphatic heterocycles. The Bertz CT molecular complexity index is 1340. The third kappa shape index (κ3) is 3.44. The number of aryl methyl sites for hydroxylation is 1. The third-order valence-electron chi connectivity index (χ3n) is 6.14. The lowest BCUT2D eigenvalue weighted by Crippen LogP contribution is -2.51. The summed E-state index contributed by atoms with van der Waals surface area (Å²) in [5.41, 5.74) is 0.599. The first-order valence-corrected chi connectivity index (χ1v) is 11.8. The first-order chi connectivity index (χ1) is 15.6. The zero-order chi connectivity index (χ0) is 22.2. The zero-order valence-corrected chi connectivity index (χ0v) is 19.0. The third-order valence-corrected chi connectivity index (χ3v) is 7.41. The van der Waals surface area contributed by atoms with Gasteiger partial charge in [0.1, 0.15) is 11.9 Å². The molecular weight excluding hydrogens is 422 g/mol. The van der Waals surface area contributed by atoms with Gasteiger partial charge in [0.05, 0.1) is 15.8 Å².